The lowest BCUT2D eigenvalue weighted by Gasteiger charge is -1.99. The summed E-state index contributed by atoms with van der Waals surface area (Å²) in [6.45, 7) is 2.67. The first-order valence-electron chi connectivity index (χ1n) is 6.72. The van der Waals surface area contributed by atoms with Gasteiger partial charge in [0, 0.05) is 17.9 Å². The standard InChI is InChI=1S/C14H16N4OS2/c1-9-16-13(19-18-9)4-3-7-15-14-17-11-6-5-10(20-2)8-12(11)21-14/h5-6,8H,3-4,7H2,1-2H3,(H,15,17). The SMILES string of the molecule is CSc1ccc2nc(NCCCc3nc(C)no3)sc2c1. The average molecular weight is 320 g/mol. The van der Waals surface area contributed by atoms with Gasteiger partial charge in [0.25, 0.3) is 0 Å². The minimum absolute atomic E-state index is 0.689. The highest BCUT2D eigenvalue weighted by atomic mass is 32.2. The second kappa shape index (κ2) is 6.44. The third kappa shape index (κ3) is 3.54. The van der Waals surface area contributed by atoms with Crippen molar-refractivity contribution in [2.75, 3.05) is 18.1 Å². The molecule has 1 N–H and O–H groups in total. The summed E-state index contributed by atoms with van der Waals surface area (Å²) in [6, 6.07) is 6.36. The van der Waals surface area contributed by atoms with Crippen LogP contribution in [0, 0.1) is 6.92 Å². The molecule has 0 aliphatic rings. The predicted molar refractivity (Wildman–Crippen MR) is 87.2 cm³/mol. The van der Waals surface area contributed by atoms with Gasteiger partial charge in [-0.25, -0.2) is 4.98 Å². The van der Waals surface area contributed by atoms with Crippen LogP contribution in [-0.2, 0) is 6.42 Å². The van der Waals surface area contributed by atoms with Crippen LogP contribution in [0.1, 0.15) is 18.1 Å². The topological polar surface area (TPSA) is 63.8 Å². The minimum atomic E-state index is 0.689. The third-order valence-electron chi connectivity index (χ3n) is 3.01. The molecule has 2 aromatic heterocycles. The van der Waals surface area contributed by atoms with Crippen molar-refractivity contribution in [1.82, 2.24) is 15.1 Å². The number of aromatic nitrogens is 3. The minimum Gasteiger partial charge on any atom is -0.361 e. The van der Waals surface area contributed by atoms with Crippen LogP contribution in [0.3, 0.4) is 0 Å². The van der Waals surface area contributed by atoms with Gasteiger partial charge in [-0.3, -0.25) is 0 Å². The molecule has 0 fully saturated rings. The first kappa shape index (κ1) is 14.3. The van der Waals surface area contributed by atoms with Gasteiger partial charge < -0.3 is 9.84 Å². The molecular weight excluding hydrogens is 304 g/mol. The van der Waals surface area contributed by atoms with Crippen molar-refractivity contribution in [2.24, 2.45) is 0 Å². The summed E-state index contributed by atoms with van der Waals surface area (Å²) in [5, 5.41) is 8.10. The molecule has 5 nitrogen and oxygen atoms in total. The van der Waals surface area contributed by atoms with Crippen molar-refractivity contribution in [1.29, 1.82) is 0 Å². The summed E-state index contributed by atoms with van der Waals surface area (Å²) in [6.07, 6.45) is 3.81. The van der Waals surface area contributed by atoms with Gasteiger partial charge >= 0.3 is 0 Å². The number of hydrogen-bond donors (Lipinski definition) is 1. The summed E-state index contributed by atoms with van der Waals surface area (Å²) < 4.78 is 6.31. The van der Waals surface area contributed by atoms with Gasteiger partial charge in [-0.1, -0.05) is 16.5 Å². The molecule has 0 unspecified atom stereocenters. The maximum absolute atomic E-state index is 5.09. The highest BCUT2D eigenvalue weighted by molar-refractivity contribution is 7.98. The van der Waals surface area contributed by atoms with Gasteiger partial charge in [-0.15, -0.1) is 11.8 Å². The lowest BCUT2D eigenvalue weighted by molar-refractivity contribution is 0.373. The second-order valence-electron chi connectivity index (χ2n) is 4.62. The molecule has 0 atom stereocenters. The van der Waals surface area contributed by atoms with Gasteiger partial charge in [0.15, 0.2) is 11.0 Å². The maximum atomic E-state index is 5.09. The van der Waals surface area contributed by atoms with Crippen LogP contribution in [0.5, 0.6) is 0 Å². The summed E-state index contributed by atoms with van der Waals surface area (Å²) >= 11 is 3.44. The molecular formula is C14H16N4OS2. The molecule has 0 amide bonds. The van der Waals surface area contributed by atoms with E-state index in [4.69, 9.17) is 4.52 Å². The number of thioether (sulfide) groups is 1. The van der Waals surface area contributed by atoms with Crippen LogP contribution in [-0.4, -0.2) is 27.9 Å². The Balaban J connectivity index is 1.55. The Hall–Kier alpha value is -1.60. The molecule has 110 valence electrons. The number of fused-ring (bicyclic) bond motifs is 1. The summed E-state index contributed by atoms with van der Waals surface area (Å²) in [4.78, 5) is 10.0. The van der Waals surface area contributed by atoms with E-state index >= 15 is 0 Å². The second-order valence-corrected chi connectivity index (χ2v) is 6.53. The summed E-state index contributed by atoms with van der Waals surface area (Å²) in [5.41, 5.74) is 1.05. The fourth-order valence-corrected chi connectivity index (χ4v) is 3.43. The molecule has 0 aliphatic carbocycles. The molecule has 0 spiro atoms. The molecule has 21 heavy (non-hydrogen) atoms. The number of hydrogen-bond acceptors (Lipinski definition) is 7. The number of nitrogens with one attached hydrogen (secondary N) is 1. The predicted octanol–water partition coefficient (Wildman–Crippen LogP) is 3.75. The van der Waals surface area contributed by atoms with Crippen molar-refractivity contribution in [2.45, 2.75) is 24.7 Å². The van der Waals surface area contributed by atoms with Crippen LogP contribution in [0.15, 0.2) is 27.6 Å². The van der Waals surface area contributed by atoms with Crippen molar-refractivity contribution >= 4 is 38.4 Å². The third-order valence-corrected chi connectivity index (χ3v) is 4.71. The quantitative estimate of drug-likeness (QED) is 0.551. The van der Waals surface area contributed by atoms with Crippen molar-refractivity contribution in [3.63, 3.8) is 0 Å². The Morgan fingerprint density at radius 1 is 1.33 bits per heavy atom. The zero-order chi connectivity index (χ0) is 14.7. The van der Waals surface area contributed by atoms with Crippen molar-refractivity contribution < 1.29 is 4.52 Å². The Morgan fingerprint density at radius 3 is 3.00 bits per heavy atom. The Kier molecular flexibility index (Phi) is 4.40. The van der Waals surface area contributed by atoms with Crippen LogP contribution in [0.2, 0.25) is 0 Å². The molecule has 0 bridgehead atoms. The molecule has 3 aromatic rings. The fourth-order valence-electron chi connectivity index (χ4n) is 1.98. The number of nitrogens with zero attached hydrogens (tertiary/aromatic N) is 3. The highest BCUT2D eigenvalue weighted by Gasteiger charge is 2.05. The molecule has 0 radical (unpaired) electrons. The first-order chi connectivity index (χ1) is 10.2. The maximum Gasteiger partial charge on any atom is 0.226 e. The molecule has 0 saturated heterocycles. The van der Waals surface area contributed by atoms with Crippen LogP contribution in [0.4, 0.5) is 5.13 Å². The van der Waals surface area contributed by atoms with E-state index in [1.165, 1.54) is 9.60 Å². The molecule has 7 heteroatoms. The zero-order valence-electron chi connectivity index (χ0n) is 11.9. The van der Waals surface area contributed by atoms with Crippen molar-refractivity contribution in [3.05, 3.63) is 29.9 Å². The van der Waals surface area contributed by atoms with E-state index in [0.717, 1.165) is 30.0 Å². The summed E-state index contributed by atoms with van der Waals surface area (Å²) in [7, 11) is 0. The fraction of sp³-hybridized carbons (Fsp3) is 0.357. The smallest absolute Gasteiger partial charge is 0.226 e. The van der Waals surface area contributed by atoms with Crippen LogP contribution < -0.4 is 5.32 Å². The van der Waals surface area contributed by atoms with Gasteiger partial charge in [0.1, 0.15) is 0 Å². The lowest BCUT2D eigenvalue weighted by Crippen LogP contribution is -2.02. The van der Waals surface area contributed by atoms with Gasteiger partial charge in [0.2, 0.25) is 5.89 Å². The lowest BCUT2D eigenvalue weighted by atomic mass is 10.3. The van der Waals surface area contributed by atoms with Crippen molar-refractivity contribution in [3.8, 4) is 0 Å². The van der Waals surface area contributed by atoms with E-state index in [2.05, 4.69) is 44.9 Å². The Labute approximate surface area is 131 Å². The molecule has 0 saturated carbocycles. The van der Waals surface area contributed by atoms with E-state index in [-0.39, 0.29) is 0 Å². The Bertz CT molecular complexity index is 737. The number of benzene rings is 1. The summed E-state index contributed by atoms with van der Waals surface area (Å²) in [5.74, 6) is 1.39. The number of aryl methyl sites for hydroxylation is 2. The number of thiazole rings is 1. The normalized spacial score (nSPS) is 11.1. The number of rotatable bonds is 6. The van der Waals surface area contributed by atoms with E-state index in [1.807, 2.05) is 6.92 Å². The van der Waals surface area contributed by atoms with E-state index in [1.54, 1.807) is 23.1 Å². The van der Waals surface area contributed by atoms with Crippen LogP contribution in [0.25, 0.3) is 10.2 Å². The Morgan fingerprint density at radius 2 is 2.24 bits per heavy atom. The monoisotopic (exact) mass is 320 g/mol. The van der Waals surface area contributed by atoms with E-state index in [0.29, 0.717) is 11.7 Å². The first-order valence-corrected chi connectivity index (χ1v) is 8.76. The molecule has 0 aliphatic heterocycles. The molecule has 3 rings (SSSR count). The van der Waals surface area contributed by atoms with Gasteiger partial charge in [0.05, 0.1) is 10.2 Å². The molecule has 1 aromatic carbocycles. The largest absolute Gasteiger partial charge is 0.361 e. The van der Waals surface area contributed by atoms with Gasteiger partial charge in [-0.2, -0.15) is 4.98 Å². The van der Waals surface area contributed by atoms with Gasteiger partial charge in [-0.05, 0) is 37.8 Å². The van der Waals surface area contributed by atoms with E-state index in [9.17, 15) is 0 Å². The highest BCUT2D eigenvalue weighted by Crippen LogP contribution is 2.29. The average Bonchev–Trinajstić information content (AvgIpc) is 3.08. The zero-order valence-corrected chi connectivity index (χ0v) is 13.6. The van der Waals surface area contributed by atoms with E-state index < -0.39 is 0 Å². The van der Waals surface area contributed by atoms with Crippen LogP contribution >= 0.6 is 23.1 Å². The molecule has 2 heterocycles. The number of anilines is 1.